The topological polar surface area (TPSA) is 68.0 Å². The molecule has 0 bridgehead atoms. The zero-order chi connectivity index (χ0) is 12.7. The molecule has 0 aromatic carbocycles. The normalized spacial score (nSPS) is 12.1. The molecule has 0 aliphatic heterocycles. The average molecular weight is 235 g/mol. The Morgan fingerprint density at radius 2 is 2.29 bits per heavy atom. The second-order valence-electron chi connectivity index (χ2n) is 4.21. The SMILES string of the molecule is CCCC(CC)CNC(=O)c1ncccc1N. The first kappa shape index (κ1) is 13.5. The van der Waals surface area contributed by atoms with Crippen molar-refractivity contribution >= 4 is 11.6 Å². The van der Waals surface area contributed by atoms with Gasteiger partial charge in [0.2, 0.25) is 0 Å². The van der Waals surface area contributed by atoms with Gasteiger partial charge >= 0.3 is 0 Å². The fourth-order valence-electron chi connectivity index (χ4n) is 1.79. The van der Waals surface area contributed by atoms with E-state index >= 15 is 0 Å². The van der Waals surface area contributed by atoms with E-state index in [4.69, 9.17) is 5.73 Å². The van der Waals surface area contributed by atoms with Crippen LogP contribution in [0, 0.1) is 5.92 Å². The van der Waals surface area contributed by atoms with E-state index in [0.717, 1.165) is 19.3 Å². The highest BCUT2D eigenvalue weighted by molar-refractivity contribution is 5.96. The largest absolute Gasteiger partial charge is 0.397 e. The van der Waals surface area contributed by atoms with E-state index < -0.39 is 0 Å². The molecule has 1 atom stereocenters. The Morgan fingerprint density at radius 1 is 1.53 bits per heavy atom. The summed E-state index contributed by atoms with van der Waals surface area (Å²) in [5, 5.41) is 2.89. The lowest BCUT2D eigenvalue weighted by Crippen LogP contribution is -2.30. The Labute approximate surface area is 103 Å². The number of carbonyl (C=O) groups excluding carboxylic acids is 1. The van der Waals surface area contributed by atoms with Gasteiger partial charge in [-0.3, -0.25) is 4.79 Å². The molecule has 1 rings (SSSR count). The summed E-state index contributed by atoms with van der Waals surface area (Å²) < 4.78 is 0. The average Bonchev–Trinajstić information content (AvgIpc) is 2.34. The first-order valence-electron chi connectivity index (χ1n) is 6.17. The van der Waals surface area contributed by atoms with Gasteiger partial charge in [0.1, 0.15) is 0 Å². The van der Waals surface area contributed by atoms with Gasteiger partial charge in [-0.2, -0.15) is 0 Å². The maximum absolute atomic E-state index is 11.8. The van der Waals surface area contributed by atoms with Gasteiger partial charge in [-0.05, 0) is 24.5 Å². The Balaban J connectivity index is 2.52. The summed E-state index contributed by atoms with van der Waals surface area (Å²) in [5.41, 5.74) is 6.44. The van der Waals surface area contributed by atoms with Crippen LogP contribution in [0.3, 0.4) is 0 Å². The molecule has 1 heterocycles. The third kappa shape index (κ3) is 4.06. The molecule has 0 aliphatic rings. The number of nitrogens with one attached hydrogen (secondary N) is 1. The van der Waals surface area contributed by atoms with Crippen LogP contribution in [0.4, 0.5) is 5.69 Å². The molecule has 0 fully saturated rings. The van der Waals surface area contributed by atoms with Gasteiger partial charge in [0.25, 0.3) is 5.91 Å². The number of amides is 1. The molecule has 1 aromatic heterocycles. The minimum Gasteiger partial charge on any atom is -0.397 e. The van der Waals surface area contributed by atoms with Crippen LogP contribution in [-0.2, 0) is 0 Å². The molecule has 0 aliphatic carbocycles. The molecule has 1 unspecified atom stereocenters. The second-order valence-corrected chi connectivity index (χ2v) is 4.21. The third-order valence-corrected chi connectivity index (χ3v) is 2.88. The maximum Gasteiger partial charge on any atom is 0.272 e. The van der Waals surface area contributed by atoms with Gasteiger partial charge in [0, 0.05) is 12.7 Å². The Hall–Kier alpha value is -1.58. The number of hydrogen-bond donors (Lipinski definition) is 2. The molecule has 94 valence electrons. The van der Waals surface area contributed by atoms with E-state index in [1.807, 2.05) is 0 Å². The summed E-state index contributed by atoms with van der Waals surface area (Å²) in [4.78, 5) is 15.8. The van der Waals surface area contributed by atoms with E-state index in [9.17, 15) is 4.79 Å². The van der Waals surface area contributed by atoms with Gasteiger partial charge in [-0.1, -0.05) is 26.7 Å². The highest BCUT2D eigenvalue weighted by Gasteiger charge is 2.12. The summed E-state index contributed by atoms with van der Waals surface area (Å²) in [6, 6.07) is 3.41. The maximum atomic E-state index is 11.8. The van der Waals surface area contributed by atoms with Crippen LogP contribution in [0.5, 0.6) is 0 Å². The van der Waals surface area contributed by atoms with E-state index in [1.54, 1.807) is 18.3 Å². The lowest BCUT2D eigenvalue weighted by Gasteiger charge is -2.14. The smallest absolute Gasteiger partial charge is 0.272 e. The first-order chi connectivity index (χ1) is 8.19. The molecule has 1 aromatic rings. The fraction of sp³-hybridized carbons (Fsp3) is 0.538. The standard InChI is InChI=1S/C13H21N3O/c1-3-6-10(4-2)9-16-13(17)12-11(14)7-5-8-15-12/h5,7-8,10H,3-4,6,9,14H2,1-2H3,(H,16,17). The molecule has 4 nitrogen and oxygen atoms in total. The molecule has 1 amide bonds. The van der Waals surface area contributed by atoms with Crippen molar-refractivity contribution in [2.45, 2.75) is 33.1 Å². The van der Waals surface area contributed by atoms with Crippen molar-refractivity contribution in [2.24, 2.45) is 5.92 Å². The number of pyridine rings is 1. The zero-order valence-electron chi connectivity index (χ0n) is 10.6. The molecule has 4 heteroatoms. The zero-order valence-corrected chi connectivity index (χ0v) is 10.6. The number of carbonyl (C=O) groups is 1. The van der Waals surface area contributed by atoms with Gasteiger partial charge in [0.15, 0.2) is 5.69 Å². The van der Waals surface area contributed by atoms with Gasteiger partial charge in [-0.25, -0.2) is 4.98 Å². The van der Waals surface area contributed by atoms with E-state index in [-0.39, 0.29) is 5.91 Å². The number of nitrogens with zero attached hydrogens (tertiary/aromatic N) is 1. The fourth-order valence-corrected chi connectivity index (χ4v) is 1.79. The summed E-state index contributed by atoms with van der Waals surface area (Å²) in [6.07, 6.45) is 4.93. The predicted molar refractivity (Wildman–Crippen MR) is 69.7 cm³/mol. The van der Waals surface area contributed by atoms with Gasteiger partial charge < -0.3 is 11.1 Å². The Kier molecular flexibility index (Phi) is 5.46. The van der Waals surface area contributed by atoms with Gasteiger partial charge in [0.05, 0.1) is 5.69 Å². The number of aromatic nitrogens is 1. The first-order valence-corrected chi connectivity index (χ1v) is 6.17. The molecule has 17 heavy (non-hydrogen) atoms. The quantitative estimate of drug-likeness (QED) is 0.794. The van der Waals surface area contributed by atoms with Crippen LogP contribution >= 0.6 is 0 Å². The monoisotopic (exact) mass is 235 g/mol. The van der Waals surface area contributed by atoms with Crippen molar-refractivity contribution in [1.82, 2.24) is 10.3 Å². The van der Waals surface area contributed by atoms with Gasteiger partial charge in [-0.15, -0.1) is 0 Å². The van der Waals surface area contributed by atoms with Crippen LogP contribution in [0.2, 0.25) is 0 Å². The highest BCUT2D eigenvalue weighted by Crippen LogP contribution is 2.10. The van der Waals surface area contributed by atoms with Crippen molar-refractivity contribution in [1.29, 1.82) is 0 Å². The summed E-state index contributed by atoms with van der Waals surface area (Å²) in [7, 11) is 0. The molecular weight excluding hydrogens is 214 g/mol. The number of nitrogen functional groups attached to an aromatic ring is 1. The molecule has 0 saturated heterocycles. The van der Waals surface area contributed by atoms with Crippen molar-refractivity contribution < 1.29 is 4.79 Å². The molecule has 0 saturated carbocycles. The van der Waals surface area contributed by atoms with Crippen LogP contribution in [0.25, 0.3) is 0 Å². The van der Waals surface area contributed by atoms with E-state index in [1.165, 1.54) is 0 Å². The van der Waals surface area contributed by atoms with E-state index in [2.05, 4.69) is 24.1 Å². The lowest BCUT2D eigenvalue weighted by atomic mass is 10.0. The highest BCUT2D eigenvalue weighted by atomic mass is 16.1. The summed E-state index contributed by atoms with van der Waals surface area (Å²) in [5.74, 6) is 0.353. The molecule has 3 N–H and O–H groups in total. The third-order valence-electron chi connectivity index (χ3n) is 2.88. The minimum atomic E-state index is -0.183. The van der Waals surface area contributed by atoms with Crippen LogP contribution in [-0.4, -0.2) is 17.4 Å². The molecular formula is C13H21N3O. The lowest BCUT2D eigenvalue weighted by molar-refractivity contribution is 0.0942. The Bertz CT molecular complexity index is 365. The number of hydrogen-bond acceptors (Lipinski definition) is 3. The van der Waals surface area contributed by atoms with Crippen molar-refractivity contribution in [2.75, 3.05) is 12.3 Å². The minimum absolute atomic E-state index is 0.183. The summed E-state index contributed by atoms with van der Waals surface area (Å²) in [6.45, 7) is 4.99. The number of nitrogens with two attached hydrogens (primary N) is 1. The number of anilines is 1. The predicted octanol–water partition coefficient (Wildman–Crippen LogP) is 2.22. The van der Waals surface area contributed by atoms with Crippen molar-refractivity contribution in [3.63, 3.8) is 0 Å². The van der Waals surface area contributed by atoms with Crippen LogP contribution in [0.15, 0.2) is 18.3 Å². The second kappa shape index (κ2) is 6.89. The van der Waals surface area contributed by atoms with Crippen LogP contribution < -0.4 is 11.1 Å². The van der Waals surface area contributed by atoms with E-state index in [0.29, 0.717) is 23.8 Å². The molecule has 0 spiro atoms. The molecule has 0 radical (unpaired) electrons. The summed E-state index contributed by atoms with van der Waals surface area (Å²) >= 11 is 0. The van der Waals surface area contributed by atoms with Crippen molar-refractivity contribution in [3.05, 3.63) is 24.0 Å². The number of rotatable bonds is 6. The van der Waals surface area contributed by atoms with Crippen LogP contribution in [0.1, 0.15) is 43.6 Å². The Morgan fingerprint density at radius 3 is 2.88 bits per heavy atom. The van der Waals surface area contributed by atoms with Crippen molar-refractivity contribution in [3.8, 4) is 0 Å².